The Morgan fingerprint density at radius 1 is 0.840 bits per heavy atom. The van der Waals surface area contributed by atoms with Crippen molar-refractivity contribution in [1.82, 2.24) is 0 Å². The first-order valence-electron chi connectivity index (χ1n) is 16.6. The van der Waals surface area contributed by atoms with Crippen LogP contribution < -0.4 is 10.6 Å². The Kier molecular flexibility index (Phi) is 14.5. The molecule has 0 unspecified atom stereocenters. The van der Waals surface area contributed by atoms with Gasteiger partial charge in [-0.1, -0.05) is 50.6 Å². The summed E-state index contributed by atoms with van der Waals surface area (Å²) in [5, 5.41) is 16.5. The predicted molar refractivity (Wildman–Crippen MR) is 182 cm³/mol. The van der Waals surface area contributed by atoms with Crippen molar-refractivity contribution in [1.29, 1.82) is 0 Å². The monoisotopic (exact) mass is 697 g/mol. The average molecular weight is 698 g/mol. The van der Waals surface area contributed by atoms with Crippen LogP contribution in [0.5, 0.6) is 0 Å². The Morgan fingerprint density at radius 3 is 2.26 bits per heavy atom. The van der Waals surface area contributed by atoms with Crippen molar-refractivity contribution in [3.05, 3.63) is 99.4 Å². The van der Waals surface area contributed by atoms with Crippen molar-refractivity contribution in [2.45, 2.75) is 84.3 Å². The number of benzene rings is 3. The number of aryl methyl sites for hydroxylation is 2. The minimum absolute atomic E-state index is 0.151. The van der Waals surface area contributed by atoms with Crippen LogP contribution in [0.1, 0.15) is 49.8 Å². The summed E-state index contributed by atoms with van der Waals surface area (Å²) in [7, 11) is 0. The van der Waals surface area contributed by atoms with E-state index in [4.69, 9.17) is 28.4 Å². The van der Waals surface area contributed by atoms with Crippen molar-refractivity contribution < 1.29 is 47.3 Å². The fourth-order valence-corrected chi connectivity index (χ4v) is 5.21. The standard InChI is InChI=1S/C36H44FN3O10/c1-5-7-19-46-34-33(47-21-25-11-9-8-10-23(25)3)32(45-18-6-2)31(50-36(42)38-27-16-13-26(37)14-17-27)30(49-34)22-48-35(41)39-28-15-12-24(4)29(20-28)40(43)44/h8-17,20,30-34H,5-7,18-19,21-22H2,1-4H3,(H,38,42)(H,39,41)/t30-,31-,32+,33-,34-/m1/s1. The fraction of sp³-hybridized carbons (Fsp3) is 0.444. The third-order valence-corrected chi connectivity index (χ3v) is 7.94. The maximum absolute atomic E-state index is 13.5. The van der Waals surface area contributed by atoms with Crippen LogP contribution in [0, 0.1) is 29.8 Å². The number of anilines is 2. The lowest BCUT2D eigenvalue weighted by atomic mass is 9.98. The number of ether oxygens (including phenoxy) is 6. The zero-order chi connectivity index (χ0) is 36.0. The van der Waals surface area contributed by atoms with Crippen LogP contribution in [0.3, 0.4) is 0 Å². The molecule has 0 aromatic heterocycles. The topological polar surface area (TPSA) is 157 Å². The quantitative estimate of drug-likeness (QED) is 0.0876. The van der Waals surface area contributed by atoms with Crippen LogP contribution >= 0.6 is 0 Å². The number of nitro benzene ring substituents is 1. The van der Waals surface area contributed by atoms with Gasteiger partial charge in [0.25, 0.3) is 5.69 Å². The number of carbonyl (C=O) groups excluding carboxylic acids is 2. The highest BCUT2D eigenvalue weighted by Gasteiger charge is 2.50. The van der Waals surface area contributed by atoms with Gasteiger partial charge in [-0.25, -0.2) is 14.0 Å². The molecule has 5 atom stereocenters. The molecule has 14 heteroatoms. The number of halogens is 1. The Bertz CT molecular complexity index is 1570. The SMILES string of the molecule is CCCCO[C@@H]1O[C@H](COC(=O)Nc2ccc(C)c([N+](=O)[O-])c2)[C@@H](OC(=O)Nc2ccc(F)cc2)[C@H](OCCC)[C@H]1OCc1ccccc1C. The van der Waals surface area contributed by atoms with Gasteiger partial charge in [-0.05, 0) is 68.1 Å². The maximum Gasteiger partial charge on any atom is 0.412 e. The second-order valence-electron chi connectivity index (χ2n) is 11.8. The summed E-state index contributed by atoms with van der Waals surface area (Å²) in [5.74, 6) is -0.476. The van der Waals surface area contributed by atoms with Gasteiger partial charge in [0.1, 0.15) is 30.7 Å². The molecule has 3 aromatic rings. The first-order chi connectivity index (χ1) is 24.1. The molecular weight excluding hydrogens is 653 g/mol. The highest BCUT2D eigenvalue weighted by atomic mass is 19.1. The number of hydrogen-bond donors (Lipinski definition) is 2. The third kappa shape index (κ3) is 10.9. The molecule has 13 nitrogen and oxygen atoms in total. The summed E-state index contributed by atoms with van der Waals surface area (Å²) < 4.78 is 50.2. The van der Waals surface area contributed by atoms with Gasteiger partial charge in [0, 0.05) is 30.5 Å². The van der Waals surface area contributed by atoms with E-state index in [2.05, 4.69) is 10.6 Å². The van der Waals surface area contributed by atoms with Crippen molar-refractivity contribution in [3.8, 4) is 0 Å². The van der Waals surface area contributed by atoms with Gasteiger partial charge in [-0.2, -0.15) is 0 Å². The van der Waals surface area contributed by atoms with Gasteiger partial charge >= 0.3 is 12.2 Å². The smallest absolute Gasteiger partial charge is 0.412 e. The van der Waals surface area contributed by atoms with Crippen LogP contribution in [0.15, 0.2) is 66.7 Å². The van der Waals surface area contributed by atoms with E-state index in [0.717, 1.165) is 24.0 Å². The maximum atomic E-state index is 13.5. The van der Waals surface area contributed by atoms with Crippen LogP contribution in [0.2, 0.25) is 0 Å². The molecule has 3 aromatic carbocycles. The molecule has 0 saturated carbocycles. The molecule has 1 aliphatic rings. The molecule has 1 saturated heterocycles. The average Bonchev–Trinajstić information content (AvgIpc) is 3.09. The highest BCUT2D eigenvalue weighted by Crippen LogP contribution is 2.31. The number of nitrogens with one attached hydrogen (secondary N) is 2. The largest absolute Gasteiger partial charge is 0.446 e. The van der Waals surface area contributed by atoms with Crippen molar-refractivity contribution in [2.24, 2.45) is 0 Å². The second-order valence-corrected chi connectivity index (χ2v) is 11.8. The van der Waals surface area contributed by atoms with Gasteiger partial charge in [-0.15, -0.1) is 0 Å². The minimum Gasteiger partial charge on any atom is -0.446 e. The Balaban J connectivity index is 1.61. The minimum atomic E-state index is -1.18. The number of hydrogen-bond acceptors (Lipinski definition) is 10. The van der Waals surface area contributed by atoms with Gasteiger partial charge < -0.3 is 28.4 Å². The Hall–Kier alpha value is -4.63. The molecule has 2 N–H and O–H groups in total. The highest BCUT2D eigenvalue weighted by molar-refractivity contribution is 5.85. The summed E-state index contributed by atoms with van der Waals surface area (Å²) in [6.07, 6.45) is -4.67. The Labute approximate surface area is 290 Å². The van der Waals surface area contributed by atoms with Crippen LogP contribution in [0.25, 0.3) is 0 Å². The molecule has 4 rings (SSSR count). The predicted octanol–water partition coefficient (Wildman–Crippen LogP) is 7.44. The molecule has 0 spiro atoms. The summed E-state index contributed by atoms with van der Waals surface area (Å²) >= 11 is 0. The van der Waals surface area contributed by atoms with Gasteiger partial charge in [-0.3, -0.25) is 20.7 Å². The van der Waals surface area contributed by atoms with Gasteiger partial charge in [0.15, 0.2) is 12.4 Å². The number of unbranched alkanes of at least 4 members (excludes halogenated alkanes) is 1. The van der Waals surface area contributed by atoms with E-state index < -0.39 is 60.2 Å². The second kappa shape index (κ2) is 18.9. The van der Waals surface area contributed by atoms with E-state index in [1.165, 1.54) is 42.5 Å². The lowest BCUT2D eigenvalue weighted by molar-refractivity contribution is -0.385. The number of amides is 2. The first kappa shape index (κ1) is 38.2. The van der Waals surface area contributed by atoms with E-state index in [1.54, 1.807) is 6.92 Å². The zero-order valence-electron chi connectivity index (χ0n) is 28.6. The summed E-state index contributed by atoms with van der Waals surface area (Å²) in [6, 6.07) is 17.1. The molecule has 2 amide bonds. The normalized spacial score (nSPS) is 20.1. The summed E-state index contributed by atoms with van der Waals surface area (Å²) in [6.45, 7) is 7.87. The summed E-state index contributed by atoms with van der Waals surface area (Å²) in [5.41, 5.74) is 2.64. The van der Waals surface area contributed by atoms with Crippen LogP contribution in [-0.2, 0) is 35.0 Å². The molecule has 270 valence electrons. The lowest BCUT2D eigenvalue weighted by Gasteiger charge is -2.45. The van der Waals surface area contributed by atoms with Crippen molar-refractivity contribution in [2.75, 3.05) is 30.5 Å². The molecule has 1 fully saturated rings. The lowest BCUT2D eigenvalue weighted by Crippen LogP contribution is -2.62. The molecule has 0 bridgehead atoms. The zero-order valence-corrected chi connectivity index (χ0v) is 28.6. The summed E-state index contributed by atoms with van der Waals surface area (Å²) in [4.78, 5) is 37.0. The third-order valence-electron chi connectivity index (χ3n) is 7.94. The van der Waals surface area contributed by atoms with E-state index in [-0.39, 0.29) is 30.3 Å². The van der Waals surface area contributed by atoms with E-state index >= 15 is 0 Å². The first-order valence-corrected chi connectivity index (χ1v) is 16.6. The molecule has 0 aliphatic carbocycles. The molecule has 1 aliphatic heterocycles. The van der Waals surface area contributed by atoms with Crippen LogP contribution in [0.4, 0.5) is 31.0 Å². The fourth-order valence-electron chi connectivity index (χ4n) is 5.21. The number of nitro groups is 1. The van der Waals surface area contributed by atoms with E-state index in [0.29, 0.717) is 18.6 Å². The van der Waals surface area contributed by atoms with Gasteiger partial charge in [0.2, 0.25) is 0 Å². The molecule has 50 heavy (non-hydrogen) atoms. The molecular formula is C36H44FN3O10. The molecule has 1 heterocycles. The number of nitrogens with zero attached hydrogens (tertiary/aromatic N) is 1. The Morgan fingerprint density at radius 2 is 1.56 bits per heavy atom. The van der Waals surface area contributed by atoms with Crippen LogP contribution in [-0.4, -0.2) is 67.6 Å². The van der Waals surface area contributed by atoms with Crippen molar-refractivity contribution in [3.63, 3.8) is 0 Å². The van der Waals surface area contributed by atoms with E-state index in [1.807, 2.05) is 45.0 Å². The van der Waals surface area contributed by atoms with E-state index in [9.17, 15) is 24.1 Å². The van der Waals surface area contributed by atoms with Crippen molar-refractivity contribution >= 4 is 29.2 Å². The number of carbonyl (C=O) groups is 2. The molecule has 0 radical (unpaired) electrons. The number of rotatable bonds is 16. The van der Waals surface area contributed by atoms with Gasteiger partial charge in [0.05, 0.1) is 17.2 Å².